The van der Waals surface area contributed by atoms with Crippen LogP contribution in [0.4, 0.5) is 8.78 Å². The fourth-order valence-electron chi connectivity index (χ4n) is 2.96. The molecule has 0 N–H and O–H groups in total. The van der Waals surface area contributed by atoms with Gasteiger partial charge in [-0.15, -0.1) is 0 Å². The molecule has 0 radical (unpaired) electrons. The van der Waals surface area contributed by atoms with Crippen LogP contribution in [0.25, 0.3) is 22.3 Å². The number of rotatable bonds is 3. The highest BCUT2D eigenvalue weighted by Crippen LogP contribution is 2.43. The average molecular weight is 388 g/mol. The number of ether oxygens (including phenoxy) is 2. The second-order valence-electron chi connectivity index (χ2n) is 6.18. The van der Waals surface area contributed by atoms with Gasteiger partial charge < -0.3 is 9.47 Å². The lowest BCUT2D eigenvalue weighted by Crippen LogP contribution is -1.96. The summed E-state index contributed by atoms with van der Waals surface area (Å²) in [6.45, 7) is 0.0724. The first-order valence-electron chi connectivity index (χ1n) is 8.02. The van der Waals surface area contributed by atoms with Crippen molar-refractivity contribution in [3.8, 4) is 33.8 Å². The van der Waals surface area contributed by atoms with Gasteiger partial charge in [0.2, 0.25) is 6.79 Å². The molecule has 1 aliphatic rings. The predicted molar refractivity (Wildman–Crippen MR) is 96.5 cm³/mol. The number of hydrogen-bond acceptors (Lipinski definition) is 4. The molecular weight excluding hydrogens is 374 g/mol. The van der Waals surface area contributed by atoms with Gasteiger partial charge in [-0.2, -0.15) is 0 Å². The third-order valence-electron chi connectivity index (χ3n) is 4.34. The molecular formula is C20H14F2O4S. The van der Waals surface area contributed by atoms with Gasteiger partial charge in [0, 0.05) is 6.26 Å². The Balaban J connectivity index is 1.90. The molecule has 0 saturated carbocycles. The minimum Gasteiger partial charge on any atom is -0.454 e. The first-order valence-corrected chi connectivity index (χ1v) is 9.91. The molecule has 0 aliphatic carbocycles. The average Bonchev–Trinajstić information content (AvgIpc) is 3.10. The van der Waals surface area contributed by atoms with E-state index in [1.807, 2.05) is 0 Å². The normalized spacial score (nSPS) is 13.0. The molecule has 0 atom stereocenters. The number of sulfone groups is 1. The molecule has 0 bridgehead atoms. The number of benzene rings is 3. The molecule has 0 saturated heterocycles. The fraction of sp³-hybridized carbons (Fsp3) is 0.100. The molecule has 1 heterocycles. The van der Waals surface area contributed by atoms with Crippen LogP contribution >= 0.6 is 0 Å². The summed E-state index contributed by atoms with van der Waals surface area (Å²) in [6, 6.07) is 13.4. The fourth-order valence-corrected chi connectivity index (χ4v) is 3.60. The summed E-state index contributed by atoms with van der Waals surface area (Å²) in [5.41, 5.74) is 2.48. The van der Waals surface area contributed by atoms with Crippen LogP contribution in [0.1, 0.15) is 0 Å². The quantitative estimate of drug-likeness (QED) is 0.666. The molecule has 0 amide bonds. The summed E-state index contributed by atoms with van der Waals surface area (Å²) >= 11 is 0. The molecule has 0 spiro atoms. The largest absolute Gasteiger partial charge is 0.454 e. The van der Waals surface area contributed by atoms with Crippen LogP contribution in [-0.2, 0) is 9.84 Å². The first-order chi connectivity index (χ1) is 12.8. The van der Waals surface area contributed by atoms with Gasteiger partial charge in [0.25, 0.3) is 0 Å². The molecule has 3 aromatic rings. The third-order valence-corrected chi connectivity index (χ3v) is 5.47. The van der Waals surface area contributed by atoms with Gasteiger partial charge in [-0.3, -0.25) is 0 Å². The van der Waals surface area contributed by atoms with Crippen molar-refractivity contribution in [2.75, 3.05) is 13.0 Å². The Morgan fingerprint density at radius 3 is 1.89 bits per heavy atom. The molecule has 7 heteroatoms. The minimum absolute atomic E-state index is 0.0724. The van der Waals surface area contributed by atoms with Crippen molar-refractivity contribution >= 4 is 9.84 Å². The zero-order valence-corrected chi connectivity index (χ0v) is 15.0. The van der Waals surface area contributed by atoms with E-state index in [4.69, 9.17) is 9.47 Å². The van der Waals surface area contributed by atoms with E-state index in [0.717, 1.165) is 18.4 Å². The molecule has 3 aromatic carbocycles. The van der Waals surface area contributed by atoms with E-state index in [1.165, 1.54) is 18.2 Å². The molecule has 0 fully saturated rings. The van der Waals surface area contributed by atoms with Gasteiger partial charge in [-0.25, -0.2) is 17.2 Å². The molecule has 27 heavy (non-hydrogen) atoms. The first kappa shape index (κ1) is 17.5. The molecule has 0 aromatic heterocycles. The summed E-state index contributed by atoms with van der Waals surface area (Å²) in [6.07, 6.45) is 1.13. The van der Waals surface area contributed by atoms with Crippen LogP contribution in [0.3, 0.4) is 0 Å². The van der Waals surface area contributed by atoms with Gasteiger partial charge in [0.05, 0.1) is 4.90 Å². The highest BCUT2D eigenvalue weighted by molar-refractivity contribution is 7.90. The number of fused-ring (bicyclic) bond motifs is 1. The summed E-state index contributed by atoms with van der Waals surface area (Å²) in [4.78, 5) is 0.196. The van der Waals surface area contributed by atoms with Crippen molar-refractivity contribution in [1.82, 2.24) is 0 Å². The van der Waals surface area contributed by atoms with Gasteiger partial charge >= 0.3 is 0 Å². The maximum Gasteiger partial charge on any atom is 0.231 e. The molecule has 0 unspecified atom stereocenters. The smallest absolute Gasteiger partial charge is 0.231 e. The zero-order chi connectivity index (χ0) is 19.2. The molecule has 1 aliphatic heterocycles. The number of halogens is 2. The third kappa shape index (κ3) is 3.26. The predicted octanol–water partition coefficient (Wildman–Crippen LogP) is 4.43. The monoisotopic (exact) mass is 388 g/mol. The Labute approximate surface area is 154 Å². The maximum absolute atomic E-state index is 13.8. The highest BCUT2D eigenvalue weighted by atomic mass is 32.2. The Bertz CT molecular complexity index is 1140. The second kappa shape index (κ2) is 6.35. The Morgan fingerprint density at radius 2 is 1.33 bits per heavy atom. The van der Waals surface area contributed by atoms with Crippen molar-refractivity contribution in [1.29, 1.82) is 0 Å². The van der Waals surface area contributed by atoms with Crippen molar-refractivity contribution in [2.24, 2.45) is 0 Å². The lowest BCUT2D eigenvalue weighted by Gasteiger charge is -2.13. The second-order valence-corrected chi connectivity index (χ2v) is 8.19. The standard InChI is InChI=1S/C20H14F2O4S/c1-27(23,24)14-5-2-12(3-6-14)15-9-19-20(26-11-25-19)10-16(15)13-4-7-17(21)18(22)8-13/h2-10H,11H2,1H3. The summed E-state index contributed by atoms with van der Waals surface area (Å²) in [5.74, 6) is -0.850. The van der Waals surface area contributed by atoms with Crippen molar-refractivity contribution in [2.45, 2.75) is 4.90 Å². The van der Waals surface area contributed by atoms with Gasteiger partial charge in [0.1, 0.15) is 0 Å². The topological polar surface area (TPSA) is 52.6 Å². The van der Waals surface area contributed by atoms with Crippen LogP contribution in [0.5, 0.6) is 11.5 Å². The Kier molecular flexibility index (Phi) is 4.11. The van der Waals surface area contributed by atoms with Crippen LogP contribution in [0.15, 0.2) is 59.5 Å². The van der Waals surface area contributed by atoms with Crippen molar-refractivity contribution in [3.05, 3.63) is 66.2 Å². The lowest BCUT2D eigenvalue weighted by atomic mass is 9.94. The molecule has 4 nitrogen and oxygen atoms in total. The van der Waals surface area contributed by atoms with E-state index in [9.17, 15) is 17.2 Å². The van der Waals surface area contributed by atoms with Crippen molar-refractivity contribution in [3.63, 3.8) is 0 Å². The van der Waals surface area contributed by atoms with E-state index in [0.29, 0.717) is 33.8 Å². The summed E-state index contributed by atoms with van der Waals surface area (Å²) < 4.78 is 61.3. The lowest BCUT2D eigenvalue weighted by molar-refractivity contribution is 0.174. The zero-order valence-electron chi connectivity index (χ0n) is 14.2. The van der Waals surface area contributed by atoms with Crippen LogP contribution in [0, 0.1) is 11.6 Å². The van der Waals surface area contributed by atoms with Gasteiger partial charge in [-0.1, -0.05) is 18.2 Å². The van der Waals surface area contributed by atoms with E-state index >= 15 is 0 Å². The van der Waals surface area contributed by atoms with Crippen LogP contribution < -0.4 is 9.47 Å². The van der Waals surface area contributed by atoms with Gasteiger partial charge in [-0.05, 0) is 58.7 Å². The Morgan fingerprint density at radius 1 is 0.778 bits per heavy atom. The molecule has 138 valence electrons. The summed E-state index contributed by atoms with van der Waals surface area (Å²) in [5, 5.41) is 0. The summed E-state index contributed by atoms with van der Waals surface area (Å²) in [7, 11) is -3.32. The van der Waals surface area contributed by atoms with E-state index in [2.05, 4.69) is 0 Å². The Hall–Kier alpha value is -2.93. The van der Waals surface area contributed by atoms with E-state index in [-0.39, 0.29) is 11.7 Å². The van der Waals surface area contributed by atoms with E-state index < -0.39 is 21.5 Å². The maximum atomic E-state index is 13.8. The van der Waals surface area contributed by atoms with E-state index in [1.54, 1.807) is 24.3 Å². The number of hydrogen-bond donors (Lipinski definition) is 0. The highest BCUT2D eigenvalue weighted by Gasteiger charge is 2.20. The minimum atomic E-state index is -3.32. The van der Waals surface area contributed by atoms with Crippen LogP contribution in [0.2, 0.25) is 0 Å². The van der Waals surface area contributed by atoms with Gasteiger partial charge in [0.15, 0.2) is 33.0 Å². The SMILES string of the molecule is CS(=O)(=O)c1ccc(-c2cc3c(cc2-c2ccc(F)c(F)c2)OCO3)cc1. The molecule has 4 rings (SSSR count). The van der Waals surface area contributed by atoms with Crippen LogP contribution in [-0.4, -0.2) is 21.5 Å². The van der Waals surface area contributed by atoms with Crippen molar-refractivity contribution < 1.29 is 26.7 Å².